The zero-order valence-corrected chi connectivity index (χ0v) is 17.4. The van der Waals surface area contributed by atoms with Gasteiger partial charge in [0.05, 0.1) is 18.6 Å². The van der Waals surface area contributed by atoms with Gasteiger partial charge in [-0.05, 0) is 50.8 Å². The topological polar surface area (TPSA) is 64.8 Å². The molecule has 30 heavy (non-hydrogen) atoms. The Morgan fingerprint density at radius 1 is 1.40 bits per heavy atom. The second-order valence-corrected chi connectivity index (χ2v) is 8.43. The van der Waals surface area contributed by atoms with Crippen LogP contribution >= 0.6 is 0 Å². The molecule has 0 bridgehead atoms. The van der Waals surface area contributed by atoms with Gasteiger partial charge < -0.3 is 18.9 Å². The summed E-state index contributed by atoms with van der Waals surface area (Å²) in [5.74, 6) is 0.640. The first kappa shape index (κ1) is 21.0. The van der Waals surface area contributed by atoms with Crippen molar-refractivity contribution in [3.63, 3.8) is 0 Å². The summed E-state index contributed by atoms with van der Waals surface area (Å²) in [6, 6.07) is 8.06. The van der Waals surface area contributed by atoms with Gasteiger partial charge in [-0.1, -0.05) is 17.3 Å². The summed E-state index contributed by atoms with van der Waals surface area (Å²) in [6.07, 6.45) is 3.17. The smallest absolute Gasteiger partial charge is 0.313 e. The number of carbonyl (C=O) groups excluding carboxylic acids is 1. The van der Waals surface area contributed by atoms with E-state index < -0.39 is 5.41 Å². The average molecular weight is 416 g/mol. The van der Waals surface area contributed by atoms with Crippen LogP contribution in [0.5, 0.6) is 0 Å². The van der Waals surface area contributed by atoms with E-state index in [1.165, 1.54) is 12.1 Å². The molecule has 2 atom stereocenters. The molecule has 1 aromatic carbocycles. The fourth-order valence-electron chi connectivity index (χ4n) is 4.66. The maximum Gasteiger partial charge on any atom is 0.313 e. The molecule has 0 N–H and O–H groups in total. The predicted octanol–water partition coefficient (Wildman–Crippen LogP) is 3.71. The molecule has 0 amide bonds. The van der Waals surface area contributed by atoms with E-state index in [9.17, 15) is 9.18 Å². The number of likely N-dealkylation sites (tertiary alicyclic amines) is 1. The molecule has 1 aromatic heterocycles. The van der Waals surface area contributed by atoms with Gasteiger partial charge in [-0.15, -0.1) is 0 Å². The fourth-order valence-corrected chi connectivity index (χ4v) is 4.66. The lowest BCUT2D eigenvalue weighted by molar-refractivity contribution is -0.159. The van der Waals surface area contributed by atoms with Gasteiger partial charge in [0.1, 0.15) is 17.3 Å². The Morgan fingerprint density at radius 3 is 3.07 bits per heavy atom. The standard InChI is InChI=1S/C23H29FN2O4/c1-2-29-22(27)23(8-4-9-26(16-23)14-17-7-10-28-15-17)13-20-12-21(25-30-20)18-5-3-6-19(24)11-18/h3,5-6,11-12,17H,2,4,7-10,13-16H2,1H3/t17-,23+/m0/s1. The summed E-state index contributed by atoms with van der Waals surface area (Å²) in [5, 5.41) is 4.11. The second-order valence-electron chi connectivity index (χ2n) is 8.43. The highest BCUT2D eigenvalue weighted by molar-refractivity contribution is 5.77. The maximum absolute atomic E-state index is 13.6. The summed E-state index contributed by atoms with van der Waals surface area (Å²) >= 11 is 0. The van der Waals surface area contributed by atoms with Crippen molar-refractivity contribution in [1.82, 2.24) is 10.1 Å². The monoisotopic (exact) mass is 416 g/mol. The highest BCUT2D eigenvalue weighted by Gasteiger charge is 2.45. The zero-order chi connectivity index (χ0) is 21.0. The highest BCUT2D eigenvalue weighted by Crippen LogP contribution is 2.37. The molecule has 0 spiro atoms. The van der Waals surface area contributed by atoms with E-state index >= 15 is 0 Å². The first-order valence-electron chi connectivity index (χ1n) is 10.8. The number of ether oxygens (including phenoxy) is 2. The van der Waals surface area contributed by atoms with Gasteiger partial charge >= 0.3 is 5.97 Å². The van der Waals surface area contributed by atoms with E-state index in [0.717, 1.165) is 45.6 Å². The van der Waals surface area contributed by atoms with Gasteiger partial charge in [0.25, 0.3) is 0 Å². The van der Waals surface area contributed by atoms with Gasteiger partial charge in [0, 0.05) is 37.7 Å². The molecule has 2 saturated heterocycles. The van der Waals surface area contributed by atoms with Crippen LogP contribution < -0.4 is 0 Å². The summed E-state index contributed by atoms with van der Waals surface area (Å²) in [6.45, 7) is 6.35. The summed E-state index contributed by atoms with van der Waals surface area (Å²) in [5.41, 5.74) is 0.563. The minimum absolute atomic E-state index is 0.180. The lowest BCUT2D eigenvalue weighted by atomic mass is 9.76. The number of carbonyl (C=O) groups is 1. The molecule has 2 aliphatic rings. The van der Waals surface area contributed by atoms with E-state index in [1.54, 1.807) is 18.2 Å². The minimum Gasteiger partial charge on any atom is -0.466 e. The Hall–Kier alpha value is -2.25. The lowest BCUT2D eigenvalue weighted by Crippen LogP contribution is -2.50. The van der Waals surface area contributed by atoms with E-state index in [4.69, 9.17) is 14.0 Å². The van der Waals surface area contributed by atoms with Crippen LogP contribution in [0.1, 0.15) is 31.9 Å². The third-order valence-corrected chi connectivity index (χ3v) is 6.10. The molecule has 0 aliphatic carbocycles. The van der Waals surface area contributed by atoms with Crippen molar-refractivity contribution in [1.29, 1.82) is 0 Å². The Balaban J connectivity index is 1.53. The van der Waals surface area contributed by atoms with Crippen molar-refractivity contribution in [2.45, 2.75) is 32.6 Å². The SMILES string of the molecule is CCOC(=O)[C@@]1(Cc2cc(-c3cccc(F)c3)no2)CCCN(C[C@@H]2CCOC2)C1. The van der Waals surface area contributed by atoms with E-state index in [2.05, 4.69) is 10.1 Å². The molecule has 0 saturated carbocycles. The number of piperidine rings is 1. The van der Waals surface area contributed by atoms with Gasteiger partial charge in [-0.2, -0.15) is 0 Å². The molecular formula is C23H29FN2O4. The molecular weight excluding hydrogens is 387 g/mol. The minimum atomic E-state index is -0.660. The molecule has 2 fully saturated rings. The van der Waals surface area contributed by atoms with Crippen molar-refractivity contribution in [2.24, 2.45) is 11.3 Å². The largest absolute Gasteiger partial charge is 0.466 e. The molecule has 2 aliphatic heterocycles. The van der Waals surface area contributed by atoms with E-state index in [0.29, 0.717) is 42.5 Å². The summed E-state index contributed by atoms with van der Waals surface area (Å²) < 4.78 is 30.1. The fraction of sp³-hybridized carbons (Fsp3) is 0.565. The Morgan fingerprint density at radius 2 is 2.30 bits per heavy atom. The molecule has 0 radical (unpaired) electrons. The van der Waals surface area contributed by atoms with Crippen LogP contribution in [0.4, 0.5) is 4.39 Å². The molecule has 162 valence electrons. The maximum atomic E-state index is 13.6. The number of benzene rings is 1. The molecule has 4 rings (SSSR count). The third-order valence-electron chi connectivity index (χ3n) is 6.10. The van der Waals surface area contributed by atoms with Crippen LogP contribution in [0, 0.1) is 17.2 Å². The van der Waals surface area contributed by atoms with Crippen molar-refractivity contribution < 1.29 is 23.2 Å². The summed E-state index contributed by atoms with van der Waals surface area (Å²) in [4.78, 5) is 15.4. The van der Waals surface area contributed by atoms with Crippen molar-refractivity contribution in [3.8, 4) is 11.3 Å². The number of aromatic nitrogens is 1. The van der Waals surface area contributed by atoms with E-state index in [1.807, 2.05) is 6.92 Å². The van der Waals surface area contributed by atoms with Crippen molar-refractivity contribution in [3.05, 3.63) is 41.9 Å². The number of esters is 1. The summed E-state index contributed by atoms with van der Waals surface area (Å²) in [7, 11) is 0. The van der Waals surface area contributed by atoms with Gasteiger partial charge in [0.15, 0.2) is 0 Å². The number of nitrogens with zero attached hydrogens (tertiary/aromatic N) is 2. The van der Waals surface area contributed by atoms with Crippen LogP contribution in [-0.2, 0) is 20.7 Å². The second kappa shape index (κ2) is 9.27. The Bertz CT molecular complexity index is 864. The van der Waals surface area contributed by atoms with Crippen LogP contribution in [0.25, 0.3) is 11.3 Å². The predicted molar refractivity (Wildman–Crippen MR) is 109 cm³/mol. The Labute approximate surface area is 176 Å². The van der Waals surface area contributed by atoms with Crippen LogP contribution in [0.3, 0.4) is 0 Å². The van der Waals surface area contributed by atoms with E-state index in [-0.39, 0.29) is 11.8 Å². The van der Waals surface area contributed by atoms with Crippen molar-refractivity contribution in [2.75, 3.05) is 39.5 Å². The highest BCUT2D eigenvalue weighted by atomic mass is 19.1. The average Bonchev–Trinajstić information content (AvgIpc) is 3.41. The van der Waals surface area contributed by atoms with Gasteiger partial charge in [0.2, 0.25) is 0 Å². The van der Waals surface area contributed by atoms with Crippen LogP contribution in [0.15, 0.2) is 34.9 Å². The first-order valence-corrected chi connectivity index (χ1v) is 10.8. The number of hydrogen-bond donors (Lipinski definition) is 0. The Kier molecular flexibility index (Phi) is 6.49. The molecule has 6 nitrogen and oxygen atoms in total. The first-order chi connectivity index (χ1) is 14.6. The van der Waals surface area contributed by atoms with Gasteiger partial charge in [-0.3, -0.25) is 4.79 Å². The number of halogens is 1. The zero-order valence-electron chi connectivity index (χ0n) is 17.4. The number of hydrogen-bond acceptors (Lipinski definition) is 6. The lowest BCUT2D eigenvalue weighted by Gasteiger charge is -2.41. The molecule has 2 aromatic rings. The van der Waals surface area contributed by atoms with Crippen LogP contribution in [0.2, 0.25) is 0 Å². The third kappa shape index (κ3) is 4.73. The molecule has 0 unspecified atom stereocenters. The van der Waals surface area contributed by atoms with Crippen LogP contribution in [-0.4, -0.2) is 55.5 Å². The molecule has 3 heterocycles. The normalized spacial score (nSPS) is 24.8. The quantitative estimate of drug-likeness (QED) is 0.641. The van der Waals surface area contributed by atoms with Gasteiger partial charge in [-0.25, -0.2) is 4.39 Å². The van der Waals surface area contributed by atoms with Crippen molar-refractivity contribution >= 4 is 5.97 Å². The molecule has 7 heteroatoms. The number of rotatable bonds is 7.